The summed E-state index contributed by atoms with van der Waals surface area (Å²) in [5.74, 6) is -2.47. The molecular formula is C5H3IN2O4. The van der Waals surface area contributed by atoms with Crippen LogP contribution in [-0.2, 0) is 0 Å². The van der Waals surface area contributed by atoms with Crippen LogP contribution in [-0.4, -0.2) is 32.3 Å². The van der Waals surface area contributed by atoms with Gasteiger partial charge in [-0.05, 0) is 22.6 Å². The lowest BCUT2D eigenvalue weighted by molar-refractivity contribution is 0.0683. The smallest absolute Gasteiger partial charge is 0.357 e. The Morgan fingerprint density at radius 2 is 1.92 bits per heavy atom. The predicted octanol–water partition coefficient (Wildman–Crippen LogP) is 0.411. The number of rotatable bonds is 2. The van der Waals surface area contributed by atoms with Gasteiger partial charge in [0.05, 0.1) is 3.57 Å². The zero-order chi connectivity index (χ0) is 9.30. The third kappa shape index (κ3) is 1.40. The van der Waals surface area contributed by atoms with Crippen molar-refractivity contribution < 1.29 is 19.8 Å². The Morgan fingerprint density at radius 3 is 2.17 bits per heavy atom. The molecule has 0 amide bonds. The van der Waals surface area contributed by atoms with Gasteiger partial charge in [-0.3, -0.25) is 5.10 Å². The van der Waals surface area contributed by atoms with E-state index in [9.17, 15) is 9.59 Å². The third-order valence-electron chi connectivity index (χ3n) is 1.12. The number of aromatic nitrogens is 2. The molecule has 0 unspecified atom stereocenters. The number of aromatic amines is 1. The molecule has 0 spiro atoms. The van der Waals surface area contributed by atoms with Crippen LogP contribution in [0, 0.1) is 3.57 Å². The zero-order valence-electron chi connectivity index (χ0n) is 5.54. The van der Waals surface area contributed by atoms with E-state index in [4.69, 9.17) is 10.2 Å². The summed E-state index contributed by atoms with van der Waals surface area (Å²) in [6.45, 7) is 0. The maximum absolute atomic E-state index is 10.4. The Labute approximate surface area is 79.7 Å². The van der Waals surface area contributed by atoms with E-state index in [1.165, 1.54) is 0 Å². The molecule has 64 valence electrons. The number of hydrogen-bond donors (Lipinski definition) is 3. The molecule has 0 radical (unpaired) electrons. The molecule has 0 aliphatic rings. The monoisotopic (exact) mass is 282 g/mol. The van der Waals surface area contributed by atoms with Crippen LogP contribution in [0.2, 0.25) is 0 Å². The maximum atomic E-state index is 10.4. The summed E-state index contributed by atoms with van der Waals surface area (Å²) < 4.78 is 0.104. The fraction of sp³-hybridized carbons (Fsp3) is 0. The molecule has 1 rings (SSSR count). The van der Waals surface area contributed by atoms with Gasteiger partial charge in [-0.1, -0.05) is 0 Å². The quantitative estimate of drug-likeness (QED) is 0.682. The van der Waals surface area contributed by atoms with Crippen LogP contribution >= 0.6 is 22.6 Å². The highest BCUT2D eigenvalue weighted by atomic mass is 127. The predicted molar refractivity (Wildman–Crippen MR) is 45.2 cm³/mol. The molecule has 0 aliphatic heterocycles. The Morgan fingerprint density at radius 1 is 1.33 bits per heavy atom. The second-order valence-electron chi connectivity index (χ2n) is 1.87. The molecule has 1 aromatic rings. The van der Waals surface area contributed by atoms with Crippen LogP contribution in [0.3, 0.4) is 0 Å². The van der Waals surface area contributed by atoms with E-state index in [1.807, 2.05) is 0 Å². The van der Waals surface area contributed by atoms with Crippen LogP contribution in [0.15, 0.2) is 0 Å². The zero-order valence-corrected chi connectivity index (χ0v) is 7.69. The molecule has 0 saturated heterocycles. The van der Waals surface area contributed by atoms with E-state index in [0.717, 1.165) is 0 Å². The van der Waals surface area contributed by atoms with Crippen molar-refractivity contribution in [2.45, 2.75) is 0 Å². The molecule has 1 aromatic heterocycles. The fourth-order valence-electron chi connectivity index (χ4n) is 0.612. The number of nitrogens with zero attached hydrogens (tertiary/aromatic N) is 1. The van der Waals surface area contributed by atoms with Gasteiger partial charge < -0.3 is 10.2 Å². The van der Waals surface area contributed by atoms with Crippen molar-refractivity contribution in [3.63, 3.8) is 0 Å². The summed E-state index contributed by atoms with van der Waals surface area (Å²) in [6.07, 6.45) is 0. The first kappa shape index (κ1) is 8.97. The average Bonchev–Trinajstić information content (AvgIpc) is 2.30. The van der Waals surface area contributed by atoms with Crippen LogP contribution in [0.25, 0.3) is 0 Å². The Balaban J connectivity index is 3.22. The van der Waals surface area contributed by atoms with E-state index in [2.05, 4.69) is 10.2 Å². The first-order valence-corrected chi connectivity index (χ1v) is 3.82. The molecule has 12 heavy (non-hydrogen) atoms. The topological polar surface area (TPSA) is 103 Å². The van der Waals surface area contributed by atoms with Crippen molar-refractivity contribution >= 4 is 34.5 Å². The van der Waals surface area contributed by atoms with Crippen LogP contribution in [0.5, 0.6) is 0 Å². The van der Waals surface area contributed by atoms with Gasteiger partial charge in [0.15, 0.2) is 11.4 Å². The number of nitrogens with one attached hydrogen (secondary N) is 1. The lowest BCUT2D eigenvalue weighted by Gasteiger charge is -1.87. The van der Waals surface area contributed by atoms with Gasteiger partial charge >= 0.3 is 11.9 Å². The Kier molecular flexibility index (Phi) is 2.31. The highest BCUT2D eigenvalue weighted by Gasteiger charge is 2.20. The number of aromatic carboxylic acids is 2. The molecule has 3 N–H and O–H groups in total. The number of carbonyl (C=O) groups is 2. The van der Waals surface area contributed by atoms with Crippen molar-refractivity contribution in [2.24, 2.45) is 0 Å². The van der Waals surface area contributed by atoms with E-state index in [0.29, 0.717) is 0 Å². The molecule has 0 bridgehead atoms. The summed E-state index contributed by atoms with van der Waals surface area (Å²) in [5, 5.41) is 22.4. The largest absolute Gasteiger partial charge is 0.476 e. The molecule has 0 aromatic carbocycles. The van der Waals surface area contributed by atoms with Gasteiger partial charge in [0, 0.05) is 0 Å². The van der Waals surface area contributed by atoms with Gasteiger partial charge in [-0.25, -0.2) is 9.59 Å². The lowest BCUT2D eigenvalue weighted by Crippen LogP contribution is -2.01. The van der Waals surface area contributed by atoms with Crippen molar-refractivity contribution in [3.8, 4) is 0 Å². The third-order valence-corrected chi connectivity index (χ3v) is 2.17. The highest BCUT2D eigenvalue weighted by molar-refractivity contribution is 14.1. The summed E-state index contributed by atoms with van der Waals surface area (Å²) in [4.78, 5) is 20.8. The summed E-state index contributed by atoms with van der Waals surface area (Å²) in [7, 11) is 0. The van der Waals surface area contributed by atoms with E-state index >= 15 is 0 Å². The molecular weight excluding hydrogens is 279 g/mol. The lowest BCUT2D eigenvalue weighted by atomic mass is 10.3. The summed E-state index contributed by atoms with van der Waals surface area (Å²) in [5.41, 5.74) is -0.471. The molecule has 6 nitrogen and oxygen atoms in total. The summed E-state index contributed by atoms with van der Waals surface area (Å²) >= 11 is 1.61. The van der Waals surface area contributed by atoms with E-state index in [-0.39, 0.29) is 15.0 Å². The highest BCUT2D eigenvalue weighted by Crippen LogP contribution is 2.13. The van der Waals surface area contributed by atoms with Gasteiger partial charge in [0.2, 0.25) is 0 Å². The number of carboxylic acid groups (broad SMARTS) is 2. The number of carboxylic acids is 2. The van der Waals surface area contributed by atoms with E-state index in [1.54, 1.807) is 22.6 Å². The normalized spacial score (nSPS) is 9.75. The molecule has 0 atom stereocenters. The molecule has 1 heterocycles. The number of halogens is 1. The van der Waals surface area contributed by atoms with Gasteiger partial charge in [-0.2, -0.15) is 5.10 Å². The minimum atomic E-state index is -1.25. The molecule has 0 fully saturated rings. The van der Waals surface area contributed by atoms with Crippen LogP contribution in [0.4, 0.5) is 0 Å². The SMILES string of the molecule is O=C(O)c1n[nH]c(C(=O)O)c1I. The van der Waals surface area contributed by atoms with Crippen molar-refractivity contribution in [1.82, 2.24) is 10.2 Å². The summed E-state index contributed by atoms with van der Waals surface area (Å²) in [6, 6.07) is 0. The van der Waals surface area contributed by atoms with Gasteiger partial charge in [0.1, 0.15) is 0 Å². The fourth-order valence-corrected chi connectivity index (χ4v) is 1.31. The second kappa shape index (κ2) is 3.09. The molecule has 0 saturated carbocycles. The van der Waals surface area contributed by atoms with Crippen molar-refractivity contribution in [1.29, 1.82) is 0 Å². The molecule has 7 heteroatoms. The Bertz CT molecular complexity index is 314. The van der Waals surface area contributed by atoms with Crippen molar-refractivity contribution in [2.75, 3.05) is 0 Å². The van der Waals surface area contributed by atoms with Crippen LogP contribution < -0.4 is 0 Å². The number of hydrogen-bond acceptors (Lipinski definition) is 3. The number of H-pyrrole nitrogens is 1. The minimum Gasteiger partial charge on any atom is -0.476 e. The van der Waals surface area contributed by atoms with Gasteiger partial charge in [0.25, 0.3) is 0 Å². The van der Waals surface area contributed by atoms with Gasteiger partial charge in [-0.15, -0.1) is 0 Å². The maximum Gasteiger partial charge on any atom is 0.357 e. The first-order valence-electron chi connectivity index (χ1n) is 2.74. The average molecular weight is 282 g/mol. The molecule has 0 aliphatic carbocycles. The first-order chi connectivity index (χ1) is 5.54. The Hall–Kier alpha value is -1.12. The van der Waals surface area contributed by atoms with Crippen LogP contribution in [0.1, 0.15) is 21.0 Å². The van der Waals surface area contributed by atoms with Crippen molar-refractivity contribution in [3.05, 3.63) is 15.0 Å². The second-order valence-corrected chi connectivity index (χ2v) is 2.95. The van der Waals surface area contributed by atoms with E-state index < -0.39 is 11.9 Å². The minimum absolute atomic E-state index is 0.104. The standard InChI is InChI=1S/C5H3IN2O4/c6-1-2(4(9)10)7-8-3(1)5(11)12/h(H,7,8)(H,9,10)(H,11,12).